The van der Waals surface area contributed by atoms with Crippen molar-refractivity contribution in [2.75, 3.05) is 19.9 Å². The van der Waals surface area contributed by atoms with Crippen LogP contribution in [0.2, 0.25) is 0 Å². The van der Waals surface area contributed by atoms with Crippen LogP contribution in [0.3, 0.4) is 0 Å². The molecule has 0 amide bonds. The van der Waals surface area contributed by atoms with Gasteiger partial charge < -0.3 is 9.47 Å². The van der Waals surface area contributed by atoms with Crippen LogP contribution in [-0.4, -0.2) is 32.6 Å². The SMILES string of the molecule is CCN(CC)S(=O)(=O)NCc1ccc2c(c1)OCO2. The molecule has 1 aromatic carbocycles. The first-order valence-electron chi connectivity index (χ1n) is 6.20. The van der Waals surface area contributed by atoms with Gasteiger partial charge in [0.05, 0.1) is 0 Å². The topological polar surface area (TPSA) is 67.9 Å². The zero-order valence-corrected chi connectivity index (χ0v) is 11.9. The molecule has 0 saturated carbocycles. The highest BCUT2D eigenvalue weighted by Gasteiger charge is 2.18. The number of hydrogen-bond acceptors (Lipinski definition) is 4. The molecule has 106 valence electrons. The van der Waals surface area contributed by atoms with E-state index in [2.05, 4.69) is 4.72 Å². The monoisotopic (exact) mass is 286 g/mol. The summed E-state index contributed by atoms with van der Waals surface area (Å²) in [7, 11) is -3.42. The minimum atomic E-state index is -3.42. The molecule has 0 saturated heterocycles. The van der Waals surface area contributed by atoms with Crippen LogP contribution in [0.5, 0.6) is 11.5 Å². The summed E-state index contributed by atoms with van der Waals surface area (Å²) in [6.45, 7) is 4.96. The fourth-order valence-corrected chi connectivity index (χ4v) is 3.09. The standard InChI is InChI=1S/C12H18N2O4S/c1-3-14(4-2)19(15,16)13-8-10-5-6-11-12(7-10)18-9-17-11/h5-7,13H,3-4,8-9H2,1-2H3. The number of hydrogen-bond donors (Lipinski definition) is 1. The summed E-state index contributed by atoms with van der Waals surface area (Å²) in [5.41, 5.74) is 0.833. The molecule has 2 rings (SSSR count). The van der Waals surface area contributed by atoms with Gasteiger partial charge >= 0.3 is 0 Å². The summed E-state index contributed by atoms with van der Waals surface area (Å²) in [5.74, 6) is 1.34. The maximum atomic E-state index is 12.0. The van der Waals surface area contributed by atoms with E-state index in [9.17, 15) is 8.42 Å². The Morgan fingerprint density at radius 1 is 1.21 bits per heavy atom. The predicted molar refractivity (Wildman–Crippen MR) is 71.2 cm³/mol. The summed E-state index contributed by atoms with van der Waals surface area (Å²) in [6, 6.07) is 5.38. The molecule has 1 aliphatic heterocycles. The molecule has 1 heterocycles. The van der Waals surface area contributed by atoms with Crippen molar-refractivity contribution in [1.82, 2.24) is 9.03 Å². The average molecular weight is 286 g/mol. The minimum Gasteiger partial charge on any atom is -0.454 e. The van der Waals surface area contributed by atoms with Crippen molar-refractivity contribution < 1.29 is 17.9 Å². The van der Waals surface area contributed by atoms with Crippen LogP contribution in [0.1, 0.15) is 19.4 Å². The summed E-state index contributed by atoms with van der Waals surface area (Å²) in [4.78, 5) is 0. The van der Waals surface area contributed by atoms with E-state index in [1.807, 2.05) is 19.9 Å². The van der Waals surface area contributed by atoms with Gasteiger partial charge in [-0.3, -0.25) is 0 Å². The molecular formula is C12H18N2O4S. The van der Waals surface area contributed by atoms with E-state index in [1.165, 1.54) is 4.31 Å². The predicted octanol–water partition coefficient (Wildman–Crippen LogP) is 1.09. The third-order valence-corrected chi connectivity index (χ3v) is 4.65. The van der Waals surface area contributed by atoms with E-state index in [0.717, 1.165) is 5.56 Å². The molecule has 0 radical (unpaired) electrons. The average Bonchev–Trinajstić information content (AvgIpc) is 2.85. The number of rotatable bonds is 6. The number of benzene rings is 1. The molecule has 0 atom stereocenters. The highest BCUT2D eigenvalue weighted by Crippen LogP contribution is 2.32. The Balaban J connectivity index is 2.03. The van der Waals surface area contributed by atoms with Crippen LogP contribution in [0, 0.1) is 0 Å². The smallest absolute Gasteiger partial charge is 0.279 e. The van der Waals surface area contributed by atoms with E-state index < -0.39 is 10.2 Å². The summed E-state index contributed by atoms with van der Waals surface area (Å²) >= 11 is 0. The molecule has 0 spiro atoms. The van der Waals surface area contributed by atoms with Gasteiger partial charge in [0.25, 0.3) is 10.2 Å². The highest BCUT2D eigenvalue weighted by atomic mass is 32.2. The van der Waals surface area contributed by atoms with Gasteiger partial charge in [-0.25, -0.2) is 0 Å². The molecule has 0 aliphatic carbocycles. The number of nitrogens with one attached hydrogen (secondary N) is 1. The lowest BCUT2D eigenvalue weighted by atomic mass is 10.2. The van der Waals surface area contributed by atoms with Crippen molar-refractivity contribution in [3.63, 3.8) is 0 Å². The fraction of sp³-hybridized carbons (Fsp3) is 0.500. The van der Waals surface area contributed by atoms with E-state index in [-0.39, 0.29) is 13.3 Å². The van der Waals surface area contributed by atoms with Crippen LogP contribution in [-0.2, 0) is 16.8 Å². The Hall–Kier alpha value is -1.31. The lowest BCUT2D eigenvalue weighted by Crippen LogP contribution is -2.40. The summed E-state index contributed by atoms with van der Waals surface area (Å²) < 4.78 is 38.3. The second kappa shape index (κ2) is 5.77. The molecule has 0 unspecified atom stereocenters. The van der Waals surface area contributed by atoms with E-state index in [0.29, 0.717) is 24.6 Å². The van der Waals surface area contributed by atoms with E-state index >= 15 is 0 Å². The third-order valence-electron chi connectivity index (χ3n) is 2.94. The molecule has 0 aromatic heterocycles. The van der Waals surface area contributed by atoms with Gasteiger partial charge in [0.1, 0.15) is 0 Å². The van der Waals surface area contributed by atoms with Crippen molar-refractivity contribution >= 4 is 10.2 Å². The second-order valence-electron chi connectivity index (χ2n) is 4.10. The van der Waals surface area contributed by atoms with E-state index in [1.54, 1.807) is 12.1 Å². The number of nitrogens with zero attached hydrogens (tertiary/aromatic N) is 1. The molecular weight excluding hydrogens is 268 g/mol. The van der Waals surface area contributed by atoms with Crippen LogP contribution < -0.4 is 14.2 Å². The molecule has 0 bridgehead atoms. The first kappa shape index (κ1) is 14.1. The van der Waals surface area contributed by atoms with Crippen LogP contribution in [0.4, 0.5) is 0 Å². The molecule has 19 heavy (non-hydrogen) atoms. The van der Waals surface area contributed by atoms with Gasteiger partial charge in [-0.2, -0.15) is 17.4 Å². The fourth-order valence-electron chi connectivity index (χ4n) is 1.88. The van der Waals surface area contributed by atoms with Gasteiger partial charge in [-0.05, 0) is 17.7 Å². The maximum absolute atomic E-state index is 12.0. The number of fused-ring (bicyclic) bond motifs is 1. The Kier molecular flexibility index (Phi) is 4.28. The summed E-state index contributed by atoms with van der Waals surface area (Å²) in [5, 5.41) is 0. The van der Waals surface area contributed by atoms with Gasteiger partial charge in [0.15, 0.2) is 11.5 Å². The quantitative estimate of drug-likeness (QED) is 0.850. The number of ether oxygens (including phenoxy) is 2. The third kappa shape index (κ3) is 3.17. The van der Waals surface area contributed by atoms with Crippen molar-refractivity contribution in [1.29, 1.82) is 0 Å². The highest BCUT2D eigenvalue weighted by molar-refractivity contribution is 7.87. The second-order valence-corrected chi connectivity index (χ2v) is 5.85. The first-order chi connectivity index (χ1) is 9.06. The molecule has 1 aromatic rings. The van der Waals surface area contributed by atoms with Gasteiger partial charge in [-0.1, -0.05) is 19.9 Å². The Bertz CT molecular complexity index is 541. The van der Waals surface area contributed by atoms with Crippen molar-refractivity contribution in [3.8, 4) is 11.5 Å². The Labute approximate surface area is 113 Å². The lowest BCUT2D eigenvalue weighted by molar-refractivity contribution is 0.174. The molecule has 7 heteroatoms. The largest absolute Gasteiger partial charge is 0.454 e. The van der Waals surface area contributed by atoms with Crippen LogP contribution in [0.25, 0.3) is 0 Å². The van der Waals surface area contributed by atoms with Crippen molar-refractivity contribution in [2.24, 2.45) is 0 Å². The van der Waals surface area contributed by atoms with E-state index in [4.69, 9.17) is 9.47 Å². The van der Waals surface area contributed by atoms with Gasteiger partial charge in [-0.15, -0.1) is 0 Å². The zero-order chi connectivity index (χ0) is 13.9. The van der Waals surface area contributed by atoms with Crippen LogP contribution in [0.15, 0.2) is 18.2 Å². The molecule has 6 nitrogen and oxygen atoms in total. The van der Waals surface area contributed by atoms with Crippen molar-refractivity contribution in [3.05, 3.63) is 23.8 Å². The lowest BCUT2D eigenvalue weighted by Gasteiger charge is -2.18. The normalized spacial score (nSPS) is 14.1. The first-order valence-corrected chi connectivity index (χ1v) is 7.64. The molecule has 1 N–H and O–H groups in total. The van der Waals surface area contributed by atoms with Gasteiger partial charge in [0.2, 0.25) is 6.79 Å². The molecule has 0 fully saturated rings. The Morgan fingerprint density at radius 2 is 1.89 bits per heavy atom. The molecule has 1 aliphatic rings. The zero-order valence-electron chi connectivity index (χ0n) is 11.0. The van der Waals surface area contributed by atoms with Crippen LogP contribution >= 0.6 is 0 Å². The minimum absolute atomic E-state index is 0.212. The Morgan fingerprint density at radius 3 is 2.58 bits per heavy atom. The summed E-state index contributed by atoms with van der Waals surface area (Å²) in [6.07, 6.45) is 0. The van der Waals surface area contributed by atoms with Gasteiger partial charge in [0, 0.05) is 19.6 Å². The van der Waals surface area contributed by atoms with Crippen molar-refractivity contribution in [2.45, 2.75) is 20.4 Å². The maximum Gasteiger partial charge on any atom is 0.279 e.